The Morgan fingerprint density at radius 1 is 0.953 bits per heavy atom. The number of hydrogen-bond acceptors (Lipinski definition) is 8. The first-order valence-corrected chi connectivity index (χ1v) is 14.7. The lowest BCUT2D eigenvalue weighted by atomic mass is 9.70. The lowest BCUT2D eigenvalue weighted by Crippen LogP contribution is -2.38. The number of Topliss-reactive ketones (excluding diaryl/α,β-unsaturated/α-hetero) is 3. The molecule has 1 aliphatic carbocycles. The van der Waals surface area contributed by atoms with Crippen LogP contribution in [0.3, 0.4) is 0 Å². The number of benzene rings is 1. The Balaban J connectivity index is 2.24. The van der Waals surface area contributed by atoms with E-state index < -0.39 is 57.0 Å². The summed E-state index contributed by atoms with van der Waals surface area (Å²) in [7, 11) is 0. The minimum Gasteiger partial charge on any atom is -0.511 e. The van der Waals surface area contributed by atoms with Gasteiger partial charge >= 0.3 is 0 Å². The molecule has 0 bridgehead atoms. The molecule has 43 heavy (non-hydrogen) atoms. The number of allylic oxidation sites excluding steroid dienone is 7. The van der Waals surface area contributed by atoms with Crippen molar-refractivity contribution in [3.05, 3.63) is 68.7 Å². The number of hydrogen-bond donors (Lipinski definition) is 4. The zero-order valence-corrected chi connectivity index (χ0v) is 26.5. The highest BCUT2D eigenvalue weighted by atomic mass is 16.5. The summed E-state index contributed by atoms with van der Waals surface area (Å²) < 4.78 is 6.13. The van der Waals surface area contributed by atoms with Crippen LogP contribution in [0.5, 0.6) is 17.2 Å². The van der Waals surface area contributed by atoms with Crippen LogP contribution < -0.4 is 4.74 Å². The smallest absolute Gasteiger partial charge is 0.183 e. The lowest BCUT2D eigenvalue weighted by Gasteiger charge is -2.34. The van der Waals surface area contributed by atoms with Crippen molar-refractivity contribution in [1.29, 1.82) is 0 Å². The maximum Gasteiger partial charge on any atom is 0.183 e. The molecule has 0 amide bonds. The van der Waals surface area contributed by atoms with Crippen molar-refractivity contribution in [2.45, 2.75) is 99.5 Å². The first kappa shape index (κ1) is 33.4. The summed E-state index contributed by atoms with van der Waals surface area (Å²) in [4.78, 5) is 39.3. The molecule has 3 rings (SSSR count). The van der Waals surface area contributed by atoms with Gasteiger partial charge in [0, 0.05) is 24.0 Å². The third-order valence-corrected chi connectivity index (χ3v) is 8.02. The second kappa shape index (κ2) is 12.7. The molecule has 8 nitrogen and oxygen atoms in total. The second-order valence-electron chi connectivity index (χ2n) is 12.5. The Morgan fingerprint density at radius 2 is 1.60 bits per heavy atom. The minimum atomic E-state index is -1.58. The highest BCUT2D eigenvalue weighted by Gasteiger charge is 2.47. The van der Waals surface area contributed by atoms with Crippen molar-refractivity contribution in [3.8, 4) is 17.2 Å². The molecule has 0 spiro atoms. The van der Waals surface area contributed by atoms with Gasteiger partial charge in [-0.3, -0.25) is 14.4 Å². The molecule has 2 aliphatic rings. The zero-order valence-electron chi connectivity index (χ0n) is 26.5. The highest BCUT2D eigenvalue weighted by molar-refractivity contribution is 6.23. The molecule has 0 saturated heterocycles. The van der Waals surface area contributed by atoms with Crippen LogP contribution in [0.2, 0.25) is 0 Å². The summed E-state index contributed by atoms with van der Waals surface area (Å²) >= 11 is 0. The first-order chi connectivity index (χ1) is 20.0. The number of phenolic OH excluding ortho intramolecular Hbond substituents is 2. The second-order valence-corrected chi connectivity index (χ2v) is 12.5. The van der Waals surface area contributed by atoms with Gasteiger partial charge in [0.2, 0.25) is 0 Å². The van der Waals surface area contributed by atoms with Gasteiger partial charge in [0.25, 0.3) is 0 Å². The molecule has 4 N–H and O–H groups in total. The maximum atomic E-state index is 13.6. The number of aromatic hydroxyl groups is 2. The third kappa shape index (κ3) is 6.63. The van der Waals surface area contributed by atoms with Gasteiger partial charge in [0.05, 0.1) is 11.0 Å². The van der Waals surface area contributed by atoms with E-state index in [1.54, 1.807) is 32.9 Å². The molecule has 232 valence electrons. The average molecular weight is 593 g/mol. The summed E-state index contributed by atoms with van der Waals surface area (Å²) in [6.07, 6.45) is 9.05. The number of rotatable bonds is 11. The quantitative estimate of drug-likeness (QED) is 0.116. The highest BCUT2D eigenvalue weighted by Crippen LogP contribution is 2.50. The van der Waals surface area contributed by atoms with E-state index in [0.717, 1.165) is 18.4 Å². The molecule has 1 heterocycles. The molecule has 0 saturated carbocycles. The van der Waals surface area contributed by atoms with E-state index in [4.69, 9.17) is 4.74 Å². The van der Waals surface area contributed by atoms with Gasteiger partial charge in [-0.2, -0.15) is 0 Å². The van der Waals surface area contributed by atoms with Gasteiger partial charge in [-0.15, -0.1) is 0 Å². The lowest BCUT2D eigenvalue weighted by molar-refractivity contribution is -0.127. The zero-order chi connectivity index (χ0) is 32.4. The average Bonchev–Trinajstić information content (AvgIpc) is 2.90. The number of phenols is 2. The largest absolute Gasteiger partial charge is 0.511 e. The Kier molecular flexibility index (Phi) is 9.84. The monoisotopic (exact) mass is 592 g/mol. The Labute approximate surface area is 253 Å². The van der Waals surface area contributed by atoms with Crippen LogP contribution in [-0.2, 0) is 16.0 Å². The molecule has 1 aliphatic heterocycles. The molecule has 8 heteroatoms. The van der Waals surface area contributed by atoms with E-state index in [-0.39, 0.29) is 47.3 Å². The Bertz CT molecular complexity index is 1510. The summed E-state index contributed by atoms with van der Waals surface area (Å²) in [5, 5.41) is 45.3. The molecule has 1 aromatic carbocycles. The number of aliphatic hydroxyl groups is 2. The fraction of sp³-hybridized carbons (Fsp3) is 0.457. The number of fused-ring (bicyclic) bond motifs is 1. The van der Waals surface area contributed by atoms with Crippen LogP contribution in [0.1, 0.15) is 109 Å². The Morgan fingerprint density at radius 3 is 2.19 bits per heavy atom. The van der Waals surface area contributed by atoms with Crippen molar-refractivity contribution < 1.29 is 39.5 Å². The maximum absolute atomic E-state index is 13.6. The molecule has 0 unspecified atom stereocenters. The van der Waals surface area contributed by atoms with E-state index in [2.05, 4.69) is 6.08 Å². The SMILES string of the molecule is CCCC(=O)c1c(O)c2c(c(CC3=C(O)[C@@](C)(CC=C(C)CCC=C(C)C)C(=O)C(C(C)=O)=C3O)c1O)OC(C)(C)C=C2. The molecule has 1 aromatic rings. The Hall–Kier alpha value is -4.07. The van der Waals surface area contributed by atoms with Gasteiger partial charge in [-0.05, 0) is 86.3 Å². The van der Waals surface area contributed by atoms with E-state index in [1.165, 1.54) is 19.4 Å². The third-order valence-electron chi connectivity index (χ3n) is 8.02. The van der Waals surface area contributed by atoms with E-state index in [0.29, 0.717) is 6.42 Å². The van der Waals surface area contributed by atoms with Gasteiger partial charge < -0.3 is 25.2 Å². The van der Waals surface area contributed by atoms with Gasteiger partial charge in [0.15, 0.2) is 17.3 Å². The number of aliphatic hydroxyl groups excluding tert-OH is 2. The van der Waals surface area contributed by atoms with Crippen molar-refractivity contribution in [1.82, 2.24) is 0 Å². The van der Waals surface area contributed by atoms with Crippen molar-refractivity contribution in [2.75, 3.05) is 0 Å². The number of ether oxygens (including phenoxy) is 1. The van der Waals surface area contributed by atoms with Crippen LogP contribution in [0.15, 0.2) is 52.0 Å². The fourth-order valence-corrected chi connectivity index (χ4v) is 5.42. The standard InChI is InChI=1S/C35H44O8/c1-9-11-25(37)27-28(38)22-15-16-34(6,7)43-31(22)23(29(27)39)18-24-30(40)26(21(5)36)33(42)35(8,32(24)41)17-14-20(4)13-10-12-19(2)3/h12,14-16,38-41H,9-11,13,17-18H2,1-8H3/t35-/m1/s1. The topological polar surface area (TPSA) is 141 Å². The summed E-state index contributed by atoms with van der Waals surface area (Å²) in [5.74, 6) is -3.90. The molecule has 0 aromatic heterocycles. The van der Waals surface area contributed by atoms with Crippen molar-refractivity contribution in [2.24, 2.45) is 5.41 Å². The number of carbonyl (C=O) groups excluding carboxylic acids is 3. The summed E-state index contributed by atoms with van der Waals surface area (Å²) in [5.41, 5.74) is -0.900. The van der Waals surface area contributed by atoms with Crippen LogP contribution in [0.25, 0.3) is 6.08 Å². The van der Waals surface area contributed by atoms with Crippen LogP contribution in [0.4, 0.5) is 0 Å². The van der Waals surface area contributed by atoms with E-state index >= 15 is 0 Å². The van der Waals surface area contributed by atoms with Crippen LogP contribution in [0, 0.1) is 5.41 Å². The molecular weight excluding hydrogens is 548 g/mol. The number of carbonyl (C=O) groups is 3. The van der Waals surface area contributed by atoms with Gasteiger partial charge in [0.1, 0.15) is 45.5 Å². The van der Waals surface area contributed by atoms with E-state index in [1.807, 2.05) is 26.8 Å². The first-order valence-electron chi connectivity index (χ1n) is 14.7. The minimum absolute atomic E-state index is 0.0332. The van der Waals surface area contributed by atoms with Crippen molar-refractivity contribution >= 4 is 23.4 Å². The summed E-state index contributed by atoms with van der Waals surface area (Å²) in [6, 6.07) is 0. The molecule has 0 radical (unpaired) electrons. The van der Waals surface area contributed by atoms with Crippen LogP contribution >= 0.6 is 0 Å². The predicted molar refractivity (Wildman–Crippen MR) is 167 cm³/mol. The fourth-order valence-electron chi connectivity index (χ4n) is 5.42. The predicted octanol–water partition coefficient (Wildman–Crippen LogP) is 7.69. The molecule has 1 atom stereocenters. The van der Waals surface area contributed by atoms with Gasteiger partial charge in [-0.25, -0.2) is 0 Å². The van der Waals surface area contributed by atoms with E-state index in [9.17, 15) is 34.8 Å². The summed E-state index contributed by atoms with van der Waals surface area (Å²) in [6.45, 7) is 14.0. The number of ketones is 3. The van der Waals surface area contributed by atoms with Crippen molar-refractivity contribution in [3.63, 3.8) is 0 Å². The normalized spacial score (nSPS) is 19.7. The molecule has 0 fully saturated rings. The van der Waals surface area contributed by atoms with Gasteiger partial charge in [-0.1, -0.05) is 30.2 Å². The molecular formula is C35H44O8. The van der Waals surface area contributed by atoms with Crippen LogP contribution in [-0.4, -0.2) is 43.4 Å².